The van der Waals surface area contributed by atoms with E-state index >= 15 is 0 Å². The van der Waals surface area contributed by atoms with Crippen molar-refractivity contribution in [3.8, 4) is 29.4 Å². The Labute approximate surface area is 279 Å². The summed E-state index contributed by atoms with van der Waals surface area (Å²) in [5.41, 5.74) is -0.155. The Morgan fingerprint density at radius 3 is 1.79 bits per heavy atom. The number of rotatable bonds is 18. The molecule has 47 heavy (non-hydrogen) atoms. The first-order valence-corrected chi connectivity index (χ1v) is 18.3. The van der Waals surface area contributed by atoms with Crippen molar-refractivity contribution in [1.82, 2.24) is 9.13 Å². The van der Waals surface area contributed by atoms with Crippen LogP contribution < -0.4 is 22.0 Å². The molecule has 2 heterocycles. The van der Waals surface area contributed by atoms with Crippen LogP contribution >= 0.6 is 0 Å². The molecule has 7 heteroatoms. The van der Waals surface area contributed by atoms with Crippen LogP contribution in [0.4, 0.5) is 0 Å². The fourth-order valence-corrected chi connectivity index (χ4v) is 7.22. The van der Waals surface area contributed by atoms with Crippen LogP contribution in [-0.2, 0) is 13.1 Å². The maximum absolute atomic E-state index is 14.5. The molecule has 0 fully saturated rings. The van der Waals surface area contributed by atoms with Gasteiger partial charge in [-0.15, -0.1) is 6.42 Å². The highest BCUT2D eigenvalue weighted by atomic mass is 16.3. The van der Waals surface area contributed by atoms with Crippen LogP contribution in [-0.4, -0.2) is 20.8 Å². The number of hydrogen-bond acceptors (Lipinski definition) is 5. The molecule has 254 valence electrons. The fraction of sp³-hybridized carbons (Fsp3) is 0.600. The number of terminal acetylenes is 1. The molecule has 2 aromatic rings. The molecule has 0 radical (unpaired) electrons. The number of hydrogen-bond donors (Lipinski definition) is 1. The Bertz CT molecular complexity index is 1900. The van der Waals surface area contributed by atoms with Gasteiger partial charge in [0, 0.05) is 41.5 Å². The topological polar surface area (TPSA) is 93.7 Å². The second-order valence-corrected chi connectivity index (χ2v) is 13.6. The summed E-state index contributed by atoms with van der Waals surface area (Å²) in [6.07, 6.45) is 18.0. The average molecular weight is 642 g/mol. The number of unbranched alkanes of at least 4 members (excludes halogenated alkanes) is 3. The Kier molecular flexibility index (Phi) is 12.7. The molecule has 7 nitrogen and oxygen atoms in total. The van der Waals surface area contributed by atoms with Crippen LogP contribution in [0.15, 0.2) is 31.5 Å². The lowest BCUT2D eigenvalue weighted by Gasteiger charge is -2.23. The van der Waals surface area contributed by atoms with Gasteiger partial charge in [0.25, 0.3) is 16.7 Å². The highest BCUT2D eigenvalue weighted by Crippen LogP contribution is 2.39. The fourth-order valence-electron chi connectivity index (χ4n) is 7.22. The summed E-state index contributed by atoms with van der Waals surface area (Å²) in [5, 5.41) is 13.6. The Balaban J connectivity index is 2.15. The molecule has 0 bridgehead atoms. The summed E-state index contributed by atoms with van der Waals surface area (Å²) in [5.74, 6) is 3.23. The van der Waals surface area contributed by atoms with Gasteiger partial charge < -0.3 is 5.11 Å². The van der Waals surface area contributed by atoms with Gasteiger partial charge in [-0.1, -0.05) is 105 Å². The molecular weight excluding hydrogens is 586 g/mol. The van der Waals surface area contributed by atoms with Crippen molar-refractivity contribution in [2.75, 3.05) is 6.54 Å². The van der Waals surface area contributed by atoms with E-state index in [9.17, 15) is 19.5 Å². The van der Waals surface area contributed by atoms with Gasteiger partial charge in [-0.3, -0.25) is 28.5 Å². The summed E-state index contributed by atoms with van der Waals surface area (Å²) in [6, 6.07) is 3.38. The van der Waals surface area contributed by atoms with Gasteiger partial charge in [0.1, 0.15) is 0 Å². The molecule has 1 aliphatic carbocycles. The average Bonchev–Trinajstić information content (AvgIpc) is 3.08. The predicted molar refractivity (Wildman–Crippen MR) is 195 cm³/mol. The second kappa shape index (κ2) is 16.4. The van der Waals surface area contributed by atoms with Crippen LogP contribution in [0.1, 0.15) is 124 Å². The van der Waals surface area contributed by atoms with E-state index in [1.807, 2.05) is 0 Å². The van der Waals surface area contributed by atoms with E-state index in [4.69, 9.17) is 11.4 Å². The van der Waals surface area contributed by atoms with Crippen molar-refractivity contribution < 1.29 is 5.11 Å². The molecule has 2 aliphatic rings. The zero-order valence-electron chi connectivity index (χ0n) is 29.6. The molecule has 0 amide bonds. The highest BCUT2D eigenvalue weighted by Gasteiger charge is 2.29. The van der Waals surface area contributed by atoms with Gasteiger partial charge in [0.05, 0.1) is 21.7 Å². The van der Waals surface area contributed by atoms with Crippen LogP contribution in [0.3, 0.4) is 0 Å². The van der Waals surface area contributed by atoms with E-state index in [1.165, 1.54) is 9.13 Å². The van der Waals surface area contributed by atoms with Crippen molar-refractivity contribution in [2.24, 2.45) is 22.7 Å². The molecule has 0 saturated heterocycles. The summed E-state index contributed by atoms with van der Waals surface area (Å²) < 4.78 is 2.82. The third-order valence-electron chi connectivity index (χ3n) is 10.5. The summed E-state index contributed by atoms with van der Waals surface area (Å²) in [4.78, 5) is 48.1. The first-order chi connectivity index (χ1) is 22.7. The van der Waals surface area contributed by atoms with Crippen LogP contribution in [0.25, 0.3) is 32.7 Å². The van der Waals surface area contributed by atoms with Gasteiger partial charge in [-0.25, -0.2) is 0 Å². The SMILES string of the molecule is C#Cc1cc2c(O)n(CC(CC)CCCC)c(=O)c3c(=NCC(CC)CCCC)cc4c(=O)n(CC(CC)CCCC)c(=O)c1c-4c23. The molecule has 1 aromatic heterocycles. The minimum absolute atomic E-state index is 0.173. The van der Waals surface area contributed by atoms with E-state index in [-0.39, 0.29) is 28.7 Å². The molecule has 3 unspecified atom stereocenters. The van der Waals surface area contributed by atoms with Crippen molar-refractivity contribution >= 4 is 21.5 Å². The van der Waals surface area contributed by atoms with E-state index in [1.54, 1.807) is 12.1 Å². The molecule has 0 spiro atoms. The van der Waals surface area contributed by atoms with E-state index in [0.29, 0.717) is 63.8 Å². The zero-order chi connectivity index (χ0) is 34.2. The molecule has 1 N–H and O–H groups in total. The standard InChI is InChI=1S/C40H55N3O4/c1-8-15-18-26(11-4)23-41-32-22-31-34-33(39(46)42(38(31)45)24-27(12-5)19-16-9-2)29(14-7)21-30-35(34)36(32)40(47)43(37(30)44)25-28(13-6)20-17-10-3/h7,21-22,26-28,44H,8-13,15-20,23-25H2,1-6H3. The minimum atomic E-state index is -0.432. The van der Waals surface area contributed by atoms with Gasteiger partial charge >= 0.3 is 0 Å². The number of aromatic hydroxyl groups is 1. The van der Waals surface area contributed by atoms with Crippen LogP contribution in [0.5, 0.6) is 5.88 Å². The van der Waals surface area contributed by atoms with Crippen LogP contribution in [0, 0.1) is 30.1 Å². The Hall–Kier alpha value is -3.66. The third kappa shape index (κ3) is 7.27. The van der Waals surface area contributed by atoms with Gasteiger partial charge in [-0.2, -0.15) is 0 Å². The first kappa shape index (κ1) is 36.2. The number of aromatic nitrogens is 2. The van der Waals surface area contributed by atoms with Gasteiger partial charge in [0.15, 0.2) is 0 Å². The van der Waals surface area contributed by atoms with E-state index in [2.05, 4.69) is 47.5 Å². The molecule has 1 aromatic carbocycles. The maximum atomic E-state index is 14.5. The Morgan fingerprint density at radius 2 is 1.26 bits per heavy atom. The van der Waals surface area contributed by atoms with Gasteiger partial charge in [-0.05, 0) is 49.1 Å². The third-order valence-corrected chi connectivity index (χ3v) is 10.5. The van der Waals surface area contributed by atoms with Crippen LogP contribution in [0.2, 0.25) is 0 Å². The quantitative estimate of drug-likeness (QED) is 0.0883. The molecular formula is C40H55N3O4. The lowest BCUT2D eigenvalue weighted by molar-refractivity contribution is 0.344. The van der Waals surface area contributed by atoms with E-state index in [0.717, 1.165) is 77.0 Å². The lowest BCUT2D eigenvalue weighted by Crippen LogP contribution is -2.39. The summed E-state index contributed by atoms with van der Waals surface area (Å²) in [6.45, 7) is 14.0. The monoisotopic (exact) mass is 641 g/mol. The second-order valence-electron chi connectivity index (χ2n) is 13.6. The summed E-state index contributed by atoms with van der Waals surface area (Å²) >= 11 is 0. The molecule has 1 aliphatic heterocycles. The van der Waals surface area contributed by atoms with E-state index < -0.39 is 11.1 Å². The first-order valence-electron chi connectivity index (χ1n) is 18.3. The molecule has 0 saturated carbocycles. The van der Waals surface area contributed by atoms with Gasteiger partial charge in [0.2, 0.25) is 5.88 Å². The lowest BCUT2D eigenvalue weighted by atomic mass is 9.87. The van der Waals surface area contributed by atoms with Crippen molar-refractivity contribution in [3.05, 3.63) is 54.1 Å². The zero-order valence-corrected chi connectivity index (χ0v) is 29.6. The normalized spacial score (nSPS) is 14.4. The predicted octanol–water partition coefficient (Wildman–Crippen LogP) is 7.89. The van der Waals surface area contributed by atoms with Crippen molar-refractivity contribution in [1.29, 1.82) is 0 Å². The largest absolute Gasteiger partial charge is 0.494 e. The maximum Gasteiger partial charge on any atom is 0.263 e. The Morgan fingerprint density at radius 1 is 0.723 bits per heavy atom. The molecule has 3 atom stereocenters. The molecule has 4 rings (SSSR count). The highest BCUT2D eigenvalue weighted by molar-refractivity contribution is 6.17. The number of pyridine rings is 2. The smallest absolute Gasteiger partial charge is 0.263 e. The minimum Gasteiger partial charge on any atom is -0.494 e. The number of benzene rings is 2. The summed E-state index contributed by atoms with van der Waals surface area (Å²) in [7, 11) is 0. The van der Waals surface area contributed by atoms with Crippen molar-refractivity contribution in [2.45, 2.75) is 132 Å². The number of nitrogens with zero attached hydrogens (tertiary/aromatic N) is 3. The van der Waals surface area contributed by atoms with Crippen molar-refractivity contribution in [3.63, 3.8) is 0 Å².